The molecule has 0 aromatic heterocycles. The predicted octanol–water partition coefficient (Wildman–Crippen LogP) is -2.25. The zero-order valence-electron chi connectivity index (χ0n) is 29.2. The molecular weight excluding hydrogens is 724 g/mol. The minimum atomic E-state index is -2.15. The number of ether oxygens (including phenoxy) is 8. The first-order chi connectivity index (χ1) is 25.7. The van der Waals surface area contributed by atoms with Gasteiger partial charge in [0.1, 0.15) is 48.3 Å². The number of rotatable bonds is 14. The van der Waals surface area contributed by atoms with Gasteiger partial charge in [0.05, 0.1) is 39.6 Å². The van der Waals surface area contributed by atoms with E-state index in [4.69, 9.17) is 37.9 Å². The Morgan fingerprint density at radius 3 is 2.26 bits per heavy atom. The molecule has 54 heavy (non-hydrogen) atoms. The van der Waals surface area contributed by atoms with Gasteiger partial charge in [0.25, 0.3) is 0 Å². The SMILES string of the molecule is COc1cc(/C=C/C(=O)O[C@H]2[C@H](O[C@@H]3O[C@@H](C)[C@H](O)[C@@H](O)[C@H]3O)[C@@H](O[C@@H]3OC[C@](O)(CO)[C@H]3O)[C@H](OCCc3ccc(O)c(O)c3)O[C@@H]2CO)ccc1O. The molecule has 13 atom stereocenters. The maximum absolute atomic E-state index is 13.3. The number of methoxy groups -OCH3 is 1. The van der Waals surface area contributed by atoms with Crippen LogP contribution in [0, 0.1) is 0 Å². The van der Waals surface area contributed by atoms with Crippen LogP contribution in [0.3, 0.4) is 0 Å². The van der Waals surface area contributed by atoms with Gasteiger partial charge in [0.15, 0.2) is 48.0 Å². The number of hydrogen-bond donors (Lipinski definition) is 10. The van der Waals surface area contributed by atoms with Crippen molar-refractivity contribution >= 4 is 12.0 Å². The van der Waals surface area contributed by atoms with Crippen molar-refractivity contribution in [1.82, 2.24) is 0 Å². The maximum atomic E-state index is 13.3. The Hall–Kier alpha value is -3.67. The molecule has 0 aliphatic carbocycles. The predicted molar refractivity (Wildman–Crippen MR) is 179 cm³/mol. The quantitative estimate of drug-likeness (QED) is 0.0552. The van der Waals surface area contributed by atoms with Gasteiger partial charge < -0.3 is 89.0 Å². The number of phenolic OH excluding ortho intramolecular Hbond substituents is 3. The highest BCUT2D eigenvalue weighted by atomic mass is 16.8. The van der Waals surface area contributed by atoms with E-state index < -0.39 is 105 Å². The first kappa shape index (κ1) is 41.5. The third-order valence-electron chi connectivity index (χ3n) is 9.32. The molecule has 0 bridgehead atoms. The van der Waals surface area contributed by atoms with Crippen LogP contribution >= 0.6 is 0 Å². The summed E-state index contributed by atoms with van der Waals surface area (Å²) in [5, 5.41) is 103. The molecular formula is C35H46O19. The number of carbonyl (C=O) groups excluding carboxylic acids is 1. The Bertz CT molecular complexity index is 1590. The van der Waals surface area contributed by atoms with Crippen molar-refractivity contribution in [3.8, 4) is 23.0 Å². The fourth-order valence-corrected chi connectivity index (χ4v) is 6.10. The van der Waals surface area contributed by atoms with E-state index in [9.17, 15) is 55.9 Å². The summed E-state index contributed by atoms with van der Waals surface area (Å²) >= 11 is 0. The van der Waals surface area contributed by atoms with Crippen LogP contribution in [0.25, 0.3) is 6.08 Å². The monoisotopic (exact) mass is 770 g/mol. The summed E-state index contributed by atoms with van der Waals surface area (Å²) in [5.41, 5.74) is -1.20. The van der Waals surface area contributed by atoms with Crippen LogP contribution < -0.4 is 4.74 Å². The number of carbonyl (C=O) groups is 1. The number of hydrogen-bond acceptors (Lipinski definition) is 19. The van der Waals surface area contributed by atoms with E-state index in [0.29, 0.717) is 11.1 Å². The second kappa shape index (κ2) is 17.9. The van der Waals surface area contributed by atoms with Gasteiger partial charge in [-0.25, -0.2) is 4.79 Å². The third kappa shape index (κ3) is 9.23. The van der Waals surface area contributed by atoms with Crippen molar-refractivity contribution in [3.63, 3.8) is 0 Å². The minimum absolute atomic E-state index is 0.125. The summed E-state index contributed by atoms with van der Waals surface area (Å²) in [4.78, 5) is 13.3. The number of aromatic hydroxyl groups is 3. The lowest BCUT2D eigenvalue weighted by atomic mass is 9.96. The normalized spacial score (nSPS) is 35.6. The zero-order chi connectivity index (χ0) is 39.3. The third-order valence-corrected chi connectivity index (χ3v) is 9.32. The van der Waals surface area contributed by atoms with E-state index in [2.05, 4.69) is 0 Å². The molecule has 3 fully saturated rings. The minimum Gasteiger partial charge on any atom is -0.504 e. The molecule has 0 amide bonds. The maximum Gasteiger partial charge on any atom is 0.331 e. The van der Waals surface area contributed by atoms with Crippen molar-refractivity contribution in [1.29, 1.82) is 0 Å². The molecule has 3 saturated heterocycles. The molecule has 0 saturated carbocycles. The lowest BCUT2D eigenvalue weighted by molar-refractivity contribution is -0.375. The first-order valence-electron chi connectivity index (χ1n) is 17.0. The lowest BCUT2D eigenvalue weighted by Crippen LogP contribution is -2.66. The van der Waals surface area contributed by atoms with Crippen LogP contribution in [-0.4, -0.2) is 170 Å². The smallest absolute Gasteiger partial charge is 0.331 e. The van der Waals surface area contributed by atoms with Crippen LogP contribution in [0.4, 0.5) is 0 Å². The fraction of sp³-hybridized carbons (Fsp3) is 0.571. The van der Waals surface area contributed by atoms with Crippen LogP contribution in [0.15, 0.2) is 42.5 Å². The van der Waals surface area contributed by atoms with Crippen molar-refractivity contribution in [2.45, 2.75) is 92.8 Å². The Morgan fingerprint density at radius 2 is 1.59 bits per heavy atom. The van der Waals surface area contributed by atoms with Crippen LogP contribution in [-0.2, 0) is 44.4 Å². The average Bonchev–Trinajstić information content (AvgIpc) is 3.44. The number of phenols is 3. The van der Waals surface area contributed by atoms with E-state index in [1.807, 2.05) is 0 Å². The second-order valence-electron chi connectivity index (χ2n) is 13.1. The highest BCUT2D eigenvalue weighted by Gasteiger charge is 2.56. The number of aliphatic hydroxyl groups excluding tert-OH is 6. The molecule has 2 aromatic carbocycles. The lowest BCUT2D eigenvalue weighted by Gasteiger charge is -2.48. The highest BCUT2D eigenvalue weighted by Crippen LogP contribution is 2.36. The Morgan fingerprint density at radius 1 is 0.870 bits per heavy atom. The van der Waals surface area contributed by atoms with Gasteiger partial charge in [0.2, 0.25) is 0 Å². The van der Waals surface area contributed by atoms with Gasteiger partial charge in [-0.3, -0.25) is 0 Å². The van der Waals surface area contributed by atoms with Gasteiger partial charge in [-0.05, 0) is 54.8 Å². The molecule has 0 radical (unpaired) electrons. The van der Waals surface area contributed by atoms with E-state index >= 15 is 0 Å². The topological polar surface area (TPSA) is 293 Å². The van der Waals surface area contributed by atoms with Gasteiger partial charge in [0, 0.05) is 6.08 Å². The Balaban J connectivity index is 1.48. The van der Waals surface area contributed by atoms with Crippen molar-refractivity contribution < 1.29 is 93.8 Å². The van der Waals surface area contributed by atoms with E-state index in [0.717, 1.165) is 6.08 Å². The van der Waals surface area contributed by atoms with Crippen LogP contribution in [0.1, 0.15) is 18.1 Å². The summed E-state index contributed by atoms with van der Waals surface area (Å²) < 4.78 is 46.2. The molecule has 300 valence electrons. The van der Waals surface area contributed by atoms with Gasteiger partial charge in [-0.1, -0.05) is 12.1 Å². The summed E-state index contributed by atoms with van der Waals surface area (Å²) in [6, 6.07) is 8.37. The number of aliphatic hydroxyl groups is 7. The van der Waals surface area contributed by atoms with Crippen molar-refractivity contribution in [2.24, 2.45) is 0 Å². The van der Waals surface area contributed by atoms with E-state index in [1.165, 1.54) is 56.5 Å². The van der Waals surface area contributed by atoms with Gasteiger partial charge >= 0.3 is 5.97 Å². The van der Waals surface area contributed by atoms with Crippen LogP contribution in [0.2, 0.25) is 0 Å². The zero-order valence-corrected chi connectivity index (χ0v) is 29.2. The average molecular weight is 771 g/mol. The molecule has 0 spiro atoms. The van der Waals surface area contributed by atoms with Crippen LogP contribution in [0.5, 0.6) is 23.0 Å². The number of benzene rings is 2. The largest absolute Gasteiger partial charge is 0.504 e. The summed E-state index contributed by atoms with van der Waals surface area (Å²) in [7, 11) is 1.34. The molecule has 10 N–H and O–H groups in total. The Kier molecular flexibility index (Phi) is 13.7. The molecule has 19 heteroatoms. The Labute approximate surface area is 308 Å². The highest BCUT2D eigenvalue weighted by molar-refractivity contribution is 5.87. The van der Waals surface area contributed by atoms with E-state index in [-0.39, 0.29) is 36.0 Å². The fourth-order valence-electron chi connectivity index (χ4n) is 6.10. The molecule has 5 rings (SSSR count). The molecule has 3 heterocycles. The molecule has 0 unspecified atom stereocenters. The summed E-state index contributed by atoms with van der Waals surface area (Å²) in [5.74, 6) is -1.74. The molecule has 19 nitrogen and oxygen atoms in total. The number of esters is 1. The molecule has 2 aromatic rings. The molecule has 3 aliphatic rings. The first-order valence-corrected chi connectivity index (χ1v) is 17.0. The summed E-state index contributed by atoms with van der Waals surface area (Å²) in [6.45, 7) is -1.06. The van der Waals surface area contributed by atoms with Crippen molar-refractivity contribution in [3.05, 3.63) is 53.6 Å². The second-order valence-corrected chi connectivity index (χ2v) is 13.1. The molecule has 3 aliphatic heterocycles. The standard InChI is InChI=1S/C35H46O19/c1-16-25(42)26(43)27(44)32(50-16)53-29-28(52-24(41)8-5-17-4-7-20(39)22(12-17)47-2)23(13-36)51-33(48-10-9-18-3-6-19(38)21(40)11-18)30(29)54-34-31(45)35(46,14-37)15-49-34/h3-8,11-12,16,23,25-34,36-40,42-46H,9-10,13-15H2,1-2H3/b8-5+/t16-,23+,25-,26+,27+,28+,29-,30+,31-,32-,33+,34-,35+/m0/s1. The van der Waals surface area contributed by atoms with Gasteiger partial charge in [-0.2, -0.15) is 0 Å². The van der Waals surface area contributed by atoms with E-state index in [1.54, 1.807) is 0 Å². The summed E-state index contributed by atoms with van der Waals surface area (Å²) in [6.07, 6.45) is -16.9. The van der Waals surface area contributed by atoms with Crippen molar-refractivity contribution in [2.75, 3.05) is 33.5 Å². The van der Waals surface area contributed by atoms with Gasteiger partial charge in [-0.15, -0.1) is 0 Å².